The molecule has 5 nitrogen and oxygen atoms in total. The van der Waals surface area contributed by atoms with Crippen LogP contribution in [0.25, 0.3) is 10.9 Å². The fourth-order valence-corrected chi connectivity index (χ4v) is 3.82. The van der Waals surface area contributed by atoms with E-state index in [1.54, 1.807) is 36.4 Å². The number of halogens is 2. The minimum Gasteiger partial charge on any atom is -0.348 e. The molecule has 3 aromatic carbocycles. The summed E-state index contributed by atoms with van der Waals surface area (Å²) < 4.78 is 1.76. The van der Waals surface area contributed by atoms with Crippen LogP contribution in [0.15, 0.2) is 71.5 Å². The molecule has 31 heavy (non-hydrogen) atoms. The third kappa shape index (κ3) is 4.71. The maximum Gasteiger partial charge on any atom is 0.262 e. The molecule has 4 aromatic rings. The Morgan fingerprint density at radius 1 is 1.03 bits per heavy atom. The minimum absolute atomic E-state index is 0.225. The number of nitrogens with one attached hydrogen (secondary N) is 2. The van der Waals surface area contributed by atoms with Crippen molar-refractivity contribution >= 4 is 52.2 Å². The number of aromatic amines is 1. The van der Waals surface area contributed by atoms with Gasteiger partial charge in [-0.3, -0.25) is 14.2 Å². The van der Waals surface area contributed by atoms with Crippen molar-refractivity contribution in [1.29, 1.82) is 0 Å². The molecule has 0 atom stereocenters. The molecular formula is C23H17Cl2N3O2S. The number of amides is 1. The molecule has 1 aromatic heterocycles. The van der Waals surface area contributed by atoms with E-state index in [2.05, 4.69) is 10.3 Å². The van der Waals surface area contributed by atoms with E-state index < -0.39 is 0 Å². The van der Waals surface area contributed by atoms with E-state index in [4.69, 9.17) is 35.4 Å². The Kier molecular flexibility index (Phi) is 6.23. The number of hydrogen-bond acceptors (Lipinski definition) is 3. The van der Waals surface area contributed by atoms with Gasteiger partial charge in [-0.25, -0.2) is 0 Å². The SMILES string of the molecule is O=C(NCc1ccccc1Cl)c1ccc2c(=O)n(Cc3ccc(Cl)cc3)c(=S)[nH]c2c1. The lowest BCUT2D eigenvalue weighted by Gasteiger charge is -2.10. The Hall–Kier alpha value is -2.93. The average molecular weight is 470 g/mol. The van der Waals surface area contributed by atoms with Gasteiger partial charge in [0.05, 0.1) is 17.4 Å². The van der Waals surface area contributed by atoms with Gasteiger partial charge in [0.25, 0.3) is 11.5 Å². The Balaban J connectivity index is 1.60. The van der Waals surface area contributed by atoms with Crippen molar-refractivity contribution in [3.8, 4) is 0 Å². The first-order chi connectivity index (χ1) is 14.9. The quantitative estimate of drug-likeness (QED) is 0.387. The van der Waals surface area contributed by atoms with Crippen LogP contribution >= 0.6 is 35.4 Å². The predicted octanol–water partition coefficient (Wildman–Crippen LogP) is 5.34. The number of hydrogen-bond donors (Lipinski definition) is 2. The lowest BCUT2D eigenvalue weighted by Crippen LogP contribution is -2.24. The summed E-state index contributed by atoms with van der Waals surface area (Å²) in [7, 11) is 0. The largest absolute Gasteiger partial charge is 0.348 e. The minimum atomic E-state index is -0.272. The van der Waals surface area contributed by atoms with Crippen LogP contribution in [0.2, 0.25) is 10.0 Å². The van der Waals surface area contributed by atoms with E-state index in [-0.39, 0.29) is 16.2 Å². The zero-order chi connectivity index (χ0) is 22.0. The molecule has 0 aliphatic carbocycles. The Labute approximate surface area is 193 Å². The second kappa shape index (κ2) is 9.06. The fraction of sp³-hybridized carbons (Fsp3) is 0.0870. The van der Waals surface area contributed by atoms with Crippen LogP contribution in [0.5, 0.6) is 0 Å². The topological polar surface area (TPSA) is 66.9 Å². The van der Waals surface area contributed by atoms with Crippen LogP contribution in [0.4, 0.5) is 0 Å². The molecule has 0 saturated heterocycles. The molecule has 0 spiro atoms. The van der Waals surface area contributed by atoms with Crippen LogP contribution in [-0.4, -0.2) is 15.5 Å². The number of H-pyrrole nitrogens is 1. The highest BCUT2D eigenvalue weighted by atomic mass is 35.5. The molecule has 8 heteroatoms. The molecule has 1 amide bonds. The van der Waals surface area contributed by atoms with Crippen molar-refractivity contribution in [3.05, 3.63) is 109 Å². The normalized spacial score (nSPS) is 10.9. The maximum atomic E-state index is 13.0. The number of nitrogens with zero attached hydrogens (tertiary/aromatic N) is 1. The first-order valence-corrected chi connectivity index (χ1v) is 10.6. The zero-order valence-electron chi connectivity index (χ0n) is 16.2. The van der Waals surface area contributed by atoms with E-state index in [1.807, 2.05) is 30.3 Å². The molecule has 0 bridgehead atoms. The number of aromatic nitrogens is 2. The highest BCUT2D eigenvalue weighted by Crippen LogP contribution is 2.16. The Bertz CT molecular complexity index is 1390. The number of carbonyl (C=O) groups is 1. The van der Waals surface area contributed by atoms with Crippen LogP contribution in [0.1, 0.15) is 21.5 Å². The van der Waals surface area contributed by atoms with Crippen LogP contribution in [0, 0.1) is 4.77 Å². The van der Waals surface area contributed by atoms with Crippen molar-refractivity contribution in [2.45, 2.75) is 13.1 Å². The lowest BCUT2D eigenvalue weighted by molar-refractivity contribution is 0.0951. The number of benzene rings is 3. The summed E-state index contributed by atoms with van der Waals surface area (Å²) in [6, 6.07) is 19.4. The van der Waals surface area contributed by atoms with Crippen LogP contribution in [0.3, 0.4) is 0 Å². The fourth-order valence-electron chi connectivity index (χ4n) is 3.23. The molecule has 1 heterocycles. The summed E-state index contributed by atoms with van der Waals surface area (Å²) in [5, 5.41) is 4.51. The molecule has 0 saturated carbocycles. The predicted molar refractivity (Wildman–Crippen MR) is 127 cm³/mol. The molecule has 0 unspecified atom stereocenters. The summed E-state index contributed by atoms with van der Waals surface area (Å²) >= 11 is 17.5. The van der Waals surface area contributed by atoms with Gasteiger partial charge in [0.15, 0.2) is 4.77 Å². The monoisotopic (exact) mass is 469 g/mol. The van der Waals surface area contributed by atoms with E-state index in [0.717, 1.165) is 11.1 Å². The lowest BCUT2D eigenvalue weighted by atomic mass is 10.1. The van der Waals surface area contributed by atoms with Gasteiger partial charge < -0.3 is 10.3 Å². The summed E-state index contributed by atoms with van der Waals surface area (Å²) in [4.78, 5) is 28.6. The Morgan fingerprint density at radius 2 is 1.77 bits per heavy atom. The van der Waals surface area contributed by atoms with E-state index in [0.29, 0.717) is 39.6 Å². The molecular weight excluding hydrogens is 453 g/mol. The van der Waals surface area contributed by atoms with Crippen molar-refractivity contribution in [2.24, 2.45) is 0 Å². The van der Waals surface area contributed by atoms with E-state index >= 15 is 0 Å². The summed E-state index contributed by atoms with van der Waals surface area (Å²) in [5.74, 6) is -0.272. The summed E-state index contributed by atoms with van der Waals surface area (Å²) in [6.45, 7) is 0.622. The van der Waals surface area contributed by atoms with Gasteiger partial charge in [-0.15, -0.1) is 0 Å². The molecule has 0 aliphatic rings. The van der Waals surface area contributed by atoms with Gasteiger partial charge in [-0.05, 0) is 59.7 Å². The van der Waals surface area contributed by atoms with Crippen molar-refractivity contribution in [3.63, 3.8) is 0 Å². The third-order valence-corrected chi connectivity index (χ3v) is 5.84. The van der Waals surface area contributed by atoms with Crippen LogP contribution in [-0.2, 0) is 13.1 Å². The molecule has 4 rings (SSSR count). The van der Waals surface area contributed by atoms with E-state index in [9.17, 15) is 9.59 Å². The number of fused-ring (bicyclic) bond motifs is 1. The second-order valence-electron chi connectivity index (χ2n) is 6.98. The van der Waals surface area contributed by atoms with Crippen molar-refractivity contribution in [1.82, 2.24) is 14.9 Å². The molecule has 0 radical (unpaired) electrons. The maximum absolute atomic E-state index is 13.0. The number of carbonyl (C=O) groups excluding carboxylic acids is 1. The van der Waals surface area contributed by atoms with Gasteiger partial charge in [0, 0.05) is 22.2 Å². The average Bonchev–Trinajstić information content (AvgIpc) is 2.76. The molecule has 0 fully saturated rings. The highest BCUT2D eigenvalue weighted by Gasteiger charge is 2.11. The third-order valence-electron chi connectivity index (χ3n) is 4.90. The van der Waals surface area contributed by atoms with Gasteiger partial charge in [0.1, 0.15) is 0 Å². The first-order valence-electron chi connectivity index (χ1n) is 9.45. The first kappa shape index (κ1) is 21.3. The molecule has 0 aliphatic heterocycles. The summed E-state index contributed by atoms with van der Waals surface area (Å²) in [5.41, 5.74) is 2.42. The van der Waals surface area contributed by atoms with Gasteiger partial charge in [0.2, 0.25) is 0 Å². The van der Waals surface area contributed by atoms with Gasteiger partial charge in [-0.2, -0.15) is 0 Å². The molecule has 2 N–H and O–H groups in total. The Morgan fingerprint density at radius 3 is 2.52 bits per heavy atom. The standard InChI is InChI=1S/C23H17Cl2N3O2S/c24-17-8-5-14(6-9-17)13-28-22(30)18-10-7-15(11-20(18)27-23(28)31)21(29)26-12-16-3-1-2-4-19(16)25/h1-11H,12-13H2,(H,26,29)(H,27,31). The van der Waals surface area contributed by atoms with E-state index in [1.165, 1.54) is 4.57 Å². The van der Waals surface area contributed by atoms with Crippen LogP contribution < -0.4 is 10.9 Å². The van der Waals surface area contributed by atoms with Crippen molar-refractivity contribution in [2.75, 3.05) is 0 Å². The smallest absolute Gasteiger partial charge is 0.262 e. The summed E-state index contributed by atoms with van der Waals surface area (Å²) in [6.07, 6.45) is 0. The van der Waals surface area contributed by atoms with Gasteiger partial charge >= 0.3 is 0 Å². The molecule has 156 valence electrons. The number of rotatable bonds is 5. The highest BCUT2D eigenvalue weighted by molar-refractivity contribution is 7.71. The van der Waals surface area contributed by atoms with Crippen molar-refractivity contribution < 1.29 is 4.79 Å². The second-order valence-corrected chi connectivity index (χ2v) is 8.21. The van der Waals surface area contributed by atoms with Gasteiger partial charge in [-0.1, -0.05) is 53.5 Å². The zero-order valence-corrected chi connectivity index (χ0v) is 18.5.